The fourth-order valence-electron chi connectivity index (χ4n) is 12.3. The van der Waals surface area contributed by atoms with Crippen LogP contribution in [0.5, 0.6) is 11.5 Å². The first-order valence-corrected chi connectivity index (χ1v) is 31.3. The van der Waals surface area contributed by atoms with Gasteiger partial charge in [0.15, 0.2) is 0 Å². The quantitative estimate of drug-likeness (QED) is 0.0806. The number of carbonyl (C=O) groups excluding carboxylic acids is 2. The molecule has 0 radical (unpaired) electrons. The Balaban J connectivity index is 0.000000178. The van der Waals surface area contributed by atoms with Crippen molar-refractivity contribution < 1.29 is 53.1 Å². The van der Waals surface area contributed by atoms with Crippen molar-refractivity contribution >= 4 is 49.2 Å². The van der Waals surface area contributed by atoms with Gasteiger partial charge in [-0.1, -0.05) is 108 Å². The van der Waals surface area contributed by atoms with Gasteiger partial charge in [0.2, 0.25) is 5.91 Å². The van der Waals surface area contributed by atoms with Crippen molar-refractivity contribution in [3.05, 3.63) is 225 Å². The molecule has 0 spiro atoms. The van der Waals surface area contributed by atoms with Gasteiger partial charge in [0, 0.05) is 129 Å². The Hall–Kier alpha value is -6.83. The Morgan fingerprint density at radius 1 is 0.644 bits per heavy atom. The van der Waals surface area contributed by atoms with Gasteiger partial charge in [-0.2, -0.15) is 0 Å². The maximum Gasteiger partial charge on any atom is 1.00 e. The van der Waals surface area contributed by atoms with Crippen molar-refractivity contribution in [1.29, 1.82) is 0 Å². The summed E-state index contributed by atoms with van der Waals surface area (Å²) in [5.41, 5.74) is 10.0. The first-order chi connectivity index (χ1) is 43.2. The number of amides is 1. The van der Waals surface area contributed by atoms with E-state index >= 15 is 0 Å². The van der Waals surface area contributed by atoms with Crippen LogP contribution in [0.15, 0.2) is 159 Å². The molecular weight excluding hydrogens is 1170 g/mol. The zero-order chi connectivity index (χ0) is 62.4. The number of nitrogens with zero attached hydrogens (tertiary/aromatic N) is 11. The Morgan fingerprint density at radius 3 is 1.62 bits per heavy atom. The summed E-state index contributed by atoms with van der Waals surface area (Å²) >= 11 is 12.5. The number of carboxylic acids is 1. The summed E-state index contributed by atoms with van der Waals surface area (Å²) in [5.74, 6) is 0.192. The van der Waals surface area contributed by atoms with Gasteiger partial charge in [0.05, 0.1) is 65.6 Å². The molecule has 2 fully saturated rings. The summed E-state index contributed by atoms with van der Waals surface area (Å²) in [6, 6.07) is 37.6. The number of piperazine rings is 2. The average molecular weight is 1250 g/mol. The van der Waals surface area contributed by atoms with Crippen LogP contribution in [0, 0.1) is 13.8 Å². The van der Waals surface area contributed by atoms with Gasteiger partial charge in [-0.25, -0.2) is 9.97 Å². The molecule has 0 saturated carbocycles. The standard InChI is InChI=1S/C33H38BClN6O3.C19H21BClN3O4.C14H19N3.Li/c1-24-19-38(23-37-24)14-7-15-40(20-25-8-4-3-5-9-25)33(42)29-21-39(16-17-41(29)34(2)43)32-28-12-11-27(35)18-30(28)44-22-26-10-6-13-36-31(26)32;1-20(27)24-8-7-23(10-15(24)19(25)26)18-14-5-4-13(21)9-16(14)28-11-12-3-2-6-22-17(12)18;1-13-11-17(12-16-13)9-5-8-15-10-14-6-3-2-4-7-14;/h3-6,8-13,18-19,23,29,32,43H,7,14-17,20-22H2,1-2H3;2-6,9,15,18,27H,7-8,10-11H2,1H3,(H,25,26);2-4,6-7,11-12,15H,5,8-10H2,1H3;/q;;;+1/p-1/t29-,32-;15-,18-;;/m11../s1. The molecule has 24 heteroatoms. The third-order valence-corrected chi connectivity index (χ3v) is 17.1. The van der Waals surface area contributed by atoms with E-state index < -0.39 is 32.2 Å². The van der Waals surface area contributed by atoms with Crippen LogP contribution >= 0.6 is 23.2 Å². The smallest absolute Gasteiger partial charge is 0.548 e. The van der Waals surface area contributed by atoms with Gasteiger partial charge in [0.1, 0.15) is 24.7 Å². The topological polar surface area (TPSA) is 206 Å². The number of halogens is 2. The Morgan fingerprint density at radius 2 is 1.13 bits per heavy atom. The molecule has 0 unspecified atom stereocenters. The number of imidazole rings is 2. The van der Waals surface area contributed by atoms with Gasteiger partial charge in [0.25, 0.3) is 0 Å². The van der Waals surface area contributed by atoms with Crippen molar-refractivity contribution in [3.63, 3.8) is 0 Å². The van der Waals surface area contributed by atoms with E-state index in [0.717, 1.165) is 95.4 Å². The third kappa shape index (κ3) is 17.4. The van der Waals surface area contributed by atoms with E-state index in [0.29, 0.717) is 74.8 Å². The minimum atomic E-state index is -1.20. The van der Waals surface area contributed by atoms with Crippen molar-refractivity contribution in [1.82, 2.24) is 58.7 Å². The zero-order valence-corrected chi connectivity index (χ0v) is 53.4. The largest absolute Gasteiger partial charge is 1.00 e. The van der Waals surface area contributed by atoms with E-state index in [1.165, 1.54) is 5.56 Å². The van der Waals surface area contributed by atoms with Crippen LogP contribution in [0.25, 0.3) is 0 Å². The number of rotatable bonds is 18. The number of benzene rings is 4. The van der Waals surface area contributed by atoms with E-state index in [9.17, 15) is 24.7 Å². The second-order valence-corrected chi connectivity index (χ2v) is 23.9. The molecule has 4 aliphatic heterocycles. The number of carbonyl (C=O) groups is 2. The molecule has 464 valence electrons. The molecule has 4 aliphatic rings. The normalized spacial score (nSPS) is 18.1. The number of hydrogen-bond donors (Lipinski definition) is 3. The van der Waals surface area contributed by atoms with E-state index in [4.69, 9.17) is 37.7 Å². The third-order valence-electron chi connectivity index (χ3n) is 16.7. The molecule has 19 nitrogen and oxygen atoms in total. The van der Waals surface area contributed by atoms with Gasteiger partial charge < -0.3 is 58.4 Å². The molecule has 8 heterocycles. The number of pyridine rings is 2. The number of aliphatic carboxylic acids is 1. The monoisotopic (exact) mass is 1250 g/mol. The fourth-order valence-corrected chi connectivity index (χ4v) is 12.6. The van der Waals surface area contributed by atoms with Crippen LogP contribution in [-0.2, 0) is 49.0 Å². The first-order valence-electron chi connectivity index (χ1n) is 30.5. The Kier molecular flexibility index (Phi) is 24.4. The number of carboxylic acid groups (broad SMARTS) is 1. The van der Waals surface area contributed by atoms with Gasteiger partial charge >= 0.3 is 33.0 Å². The van der Waals surface area contributed by atoms with Crippen LogP contribution in [0.1, 0.15) is 81.1 Å². The molecule has 4 aromatic carbocycles. The molecule has 1 amide bonds. The molecule has 0 bridgehead atoms. The SMILES string of the molecule is CB(O)N1CCN([C@@H]2c3ccc(Cl)cc3OCc3cccnc32)C[C@@H]1C(=O)N(CCCn1cnc(C)c1)Cc1ccccc1.CB(O)N1CCN([C@@H]2c3ccc(Cl)cc3OCc3cccnc32)C[C@@H]1C(=O)[O-].Cc1cn(CCCNCc2ccccc2)cn1.[Li+]. The fraction of sp³-hybridized carbons (Fsp3) is 0.364. The maximum absolute atomic E-state index is 14.6. The molecule has 4 aromatic heterocycles. The summed E-state index contributed by atoms with van der Waals surface area (Å²) in [5, 5.41) is 37.2. The summed E-state index contributed by atoms with van der Waals surface area (Å²) in [4.78, 5) is 54.1. The summed E-state index contributed by atoms with van der Waals surface area (Å²) in [7, 11) is -1.63. The molecule has 4 atom stereocenters. The number of nitrogens with one attached hydrogen (secondary N) is 1. The van der Waals surface area contributed by atoms with Crippen LogP contribution < -0.4 is 38.8 Å². The van der Waals surface area contributed by atoms with Gasteiger partial charge in [-0.3, -0.25) is 24.6 Å². The number of aromatic nitrogens is 6. The van der Waals surface area contributed by atoms with Crippen molar-refractivity contribution in [2.75, 3.05) is 52.4 Å². The van der Waals surface area contributed by atoms with E-state index in [-0.39, 0.29) is 43.4 Å². The minimum absolute atomic E-state index is 0. The van der Waals surface area contributed by atoms with Crippen molar-refractivity contribution in [2.45, 2.75) is 104 Å². The van der Waals surface area contributed by atoms with Crippen LogP contribution in [0.2, 0.25) is 23.7 Å². The molecule has 3 N–H and O–H groups in total. The number of aryl methyl sites for hydroxylation is 4. The number of ether oxygens (including phenoxy) is 2. The van der Waals surface area contributed by atoms with Crippen molar-refractivity contribution in [3.8, 4) is 11.5 Å². The van der Waals surface area contributed by atoms with E-state index in [2.05, 4.69) is 81.8 Å². The maximum atomic E-state index is 14.6. The molecule has 8 aromatic rings. The molecule has 0 aliphatic carbocycles. The molecular formula is C66H77B2Cl2LiN12O7. The first kappa shape index (κ1) is 67.6. The Bertz CT molecular complexity index is 3610. The predicted octanol–water partition coefficient (Wildman–Crippen LogP) is 4.38. The van der Waals surface area contributed by atoms with Crippen LogP contribution in [0.4, 0.5) is 0 Å². The predicted molar refractivity (Wildman–Crippen MR) is 344 cm³/mol. The second-order valence-electron chi connectivity index (χ2n) is 23.0. The van der Waals surface area contributed by atoms with E-state index in [1.807, 2.05) is 121 Å². The van der Waals surface area contributed by atoms with Gasteiger partial charge in [-0.15, -0.1) is 0 Å². The minimum Gasteiger partial charge on any atom is -0.548 e. The van der Waals surface area contributed by atoms with Crippen LogP contribution in [-0.4, -0.2) is 154 Å². The zero-order valence-electron chi connectivity index (χ0n) is 51.9. The van der Waals surface area contributed by atoms with Crippen molar-refractivity contribution in [2.24, 2.45) is 0 Å². The van der Waals surface area contributed by atoms with E-state index in [1.54, 1.807) is 36.8 Å². The summed E-state index contributed by atoms with van der Waals surface area (Å²) in [6.45, 7) is 15.7. The number of fused-ring (bicyclic) bond motifs is 4. The Labute approximate surface area is 550 Å². The summed E-state index contributed by atoms with van der Waals surface area (Å²) in [6.07, 6.45) is 13.3. The summed E-state index contributed by atoms with van der Waals surface area (Å²) < 4.78 is 16.4. The van der Waals surface area contributed by atoms with Crippen LogP contribution in [0.3, 0.4) is 0 Å². The molecule has 12 rings (SSSR count). The average Bonchev–Trinajstić information content (AvgIpc) is 1.91. The molecule has 90 heavy (non-hydrogen) atoms. The van der Waals surface area contributed by atoms with Gasteiger partial charge in [-0.05, 0) is 94.4 Å². The second kappa shape index (κ2) is 32.4. The number of hydrogen-bond acceptors (Lipinski definition) is 16. The molecule has 2 saturated heterocycles.